The topological polar surface area (TPSA) is 60.7 Å². The largest absolute Gasteiger partial charge is 0.462 e. The summed E-state index contributed by atoms with van der Waals surface area (Å²) in [6, 6.07) is 1.42. The van der Waals surface area contributed by atoms with E-state index in [9.17, 15) is 9.59 Å². The molecule has 2 heterocycles. The smallest absolute Gasteiger partial charge is 0.342 e. The van der Waals surface area contributed by atoms with Gasteiger partial charge in [-0.2, -0.15) is 5.10 Å². The minimum absolute atomic E-state index is 0.113. The fourth-order valence-electron chi connectivity index (χ4n) is 1.70. The predicted octanol–water partition coefficient (Wildman–Crippen LogP) is 3.02. The number of ether oxygens (including phenoxy) is 1. The van der Waals surface area contributed by atoms with Gasteiger partial charge in [-0.3, -0.25) is 4.79 Å². The van der Waals surface area contributed by atoms with Crippen LogP contribution < -0.4 is 0 Å². The minimum atomic E-state index is -0.536. The summed E-state index contributed by atoms with van der Waals surface area (Å²) >= 11 is 12.2. The highest BCUT2D eigenvalue weighted by molar-refractivity contribution is 6.37. The van der Waals surface area contributed by atoms with Gasteiger partial charge in [-0.05, 0) is 19.9 Å². The van der Waals surface area contributed by atoms with E-state index >= 15 is 0 Å². The highest BCUT2D eigenvalue weighted by Gasteiger charge is 2.21. The van der Waals surface area contributed by atoms with E-state index in [2.05, 4.69) is 5.10 Å². The summed E-state index contributed by atoms with van der Waals surface area (Å²) in [6.45, 7) is 3.32. The van der Waals surface area contributed by atoms with Crippen molar-refractivity contribution in [2.24, 2.45) is 0 Å². The maximum Gasteiger partial charge on any atom is 0.342 e. The fraction of sp³-hybridized carbons (Fsp3) is 0.250. The van der Waals surface area contributed by atoms with E-state index < -0.39 is 5.97 Å². The van der Waals surface area contributed by atoms with Crippen molar-refractivity contribution in [2.45, 2.75) is 13.8 Å². The maximum absolute atomic E-state index is 11.8. The van der Waals surface area contributed by atoms with Crippen molar-refractivity contribution in [3.63, 3.8) is 0 Å². The molecule has 0 N–H and O–H groups in total. The van der Waals surface area contributed by atoms with Crippen LogP contribution in [0.3, 0.4) is 0 Å². The van der Waals surface area contributed by atoms with Gasteiger partial charge in [0.2, 0.25) is 0 Å². The van der Waals surface area contributed by atoms with Gasteiger partial charge in [0.25, 0.3) is 0 Å². The Morgan fingerprint density at radius 2 is 2.05 bits per heavy atom. The number of halogens is 2. The number of rotatable bonds is 3. The van der Waals surface area contributed by atoms with E-state index in [4.69, 9.17) is 27.9 Å². The molecule has 2 aromatic rings. The van der Waals surface area contributed by atoms with E-state index in [1.807, 2.05) is 0 Å². The lowest BCUT2D eigenvalue weighted by molar-refractivity contribution is 0.0528. The van der Waals surface area contributed by atoms with Gasteiger partial charge in [0.05, 0.1) is 23.4 Å². The van der Waals surface area contributed by atoms with Crippen LogP contribution in [-0.4, -0.2) is 28.0 Å². The molecule has 0 fully saturated rings. The molecule has 0 bridgehead atoms. The SMILES string of the molecule is CCOC(=O)c1cnn2c(Cl)c(C(C)=O)cc(Cl)c12. The molecule has 0 radical (unpaired) electrons. The average Bonchev–Trinajstić information content (AvgIpc) is 2.79. The Balaban J connectivity index is 2.71. The molecule has 0 amide bonds. The summed E-state index contributed by atoms with van der Waals surface area (Å²) in [5.41, 5.74) is 0.789. The second kappa shape index (κ2) is 5.19. The Bertz CT molecular complexity index is 679. The number of nitrogens with zero attached hydrogens (tertiary/aromatic N) is 2. The molecular weight excluding hydrogens is 291 g/mol. The maximum atomic E-state index is 11.8. The Kier molecular flexibility index (Phi) is 3.78. The zero-order chi connectivity index (χ0) is 14.2. The van der Waals surface area contributed by atoms with Gasteiger partial charge in [0.15, 0.2) is 5.78 Å². The van der Waals surface area contributed by atoms with Crippen molar-refractivity contribution < 1.29 is 14.3 Å². The fourth-order valence-corrected chi connectivity index (χ4v) is 2.31. The third kappa shape index (κ3) is 2.31. The predicted molar refractivity (Wildman–Crippen MR) is 71.2 cm³/mol. The number of fused-ring (bicyclic) bond motifs is 1. The highest BCUT2D eigenvalue weighted by atomic mass is 35.5. The molecule has 0 saturated carbocycles. The summed E-state index contributed by atoms with van der Waals surface area (Å²) in [5.74, 6) is -0.770. The van der Waals surface area contributed by atoms with E-state index in [1.165, 1.54) is 23.7 Å². The molecule has 100 valence electrons. The first kappa shape index (κ1) is 13.8. The standard InChI is InChI=1S/C12H10Cl2N2O3/c1-3-19-12(18)8-5-15-16-10(8)9(13)4-7(6(2)17)11(16)14/h4-5H,3H2,1-2H3. The zero-order valence-corrected chi connectivity index (χ0v) is 11.7. The molecule has 7 heteroatoms. The number of esters is 1. The number of pyridine rings is 1. The van der Waals surface area contributed by atoms with Crippen molar-refractivity contribution in [3.8, 4) is 0 Å². The van der Waals surface area contributed by atoms with Crippen LogP contribution >= 0.6 is 23.2 Å². The van der Waals surface area contributed by atoms with Crippen molar-refractivity contribution >= 4 is 40.5 Å². The second-order valence-corrected chi connectivity index (χ2v) is 4.56. The summed E-state index contributed by atoms with van der Waals surface area (Å²) in [6.07, 6.45) is 1.31. The summed E-state index contributed by atoms with van der Waals surface area (Å²) in [7, 11) is 0. The van der Waals surface area contributed by atoms with Crippen LogP contribution in [0.4, 0.5) is 0 Å². The van der Waals surface area contributed by atoms with E-state index in [0.717, 1.165) is 0 Å². The third-order valence-electron chi connectivity index (χ3n) is 2.55. The second-order valence-electron chi connectivity index (χ2n) is 3.79. The summed E-state index contributed by atoms with van der Waals surface area (Å²) in [4.78, 5) is 23.2. The normalized spacial score (nSPS) is 10.7. The molecule has 0 aliphatic rings. The minimum Gasteiger partial charge on any atom is -0.462 e. The molecule has 19 heavy (non-hydrogen) atoms. The number of hydrogen-bond donors (Lipinski definition) is 0. The Hall–Kier alpha value is -1.59. The van der Waals surface area contributed by atoms with E-state index in [1.54, 1.807) is 6.92 Å². The van der Waals surface area contributed by atoms with E-state index in [0.29, 0.717) is 5.52 Å². The average molecular weight is 301 g/mol. The van der Waals surface area contributed by atoms with Crippen molar-refractivity contribution in [1.29, 1.82) is 0 Å². The molecule has 0 saturated heterocycles. The highest BCUT2D eigenvalue weighted by Crippen LogP contribution is 2.28. The molecule has 0 spiro atoms. The molecule has 0 atom stereocenters. The number of ketones is 1. The number of aromatic nitrogens is 2. The monoisotopic (exact) mass is 300 g/mol. The molecule has 0 aliphatic carbocycles. The quantitative estimate of drug-likeness (QED) is 0.497. The van der Waals surface area contributed by atoms with Gasteiger partial charge in [-0.15, -0.1) is 0 Å². The molecule has 0 unspecified atom stereocenters. The summed E-state index contributed by atoms with van der Waals surface area (Å²) in [5, 5.41) is 4.30. The third-order valence-corrected chi connectivity index (χ3v) is 3.20. The van der Waals surface area contributed by atoms with Gasteiger partial charge in [0, 0.05) is 0 Å². The Labute approximate surface area is 119 Å². The Morgan fingerprint density at radius 1 is 1.37 bits per heavy atom. The van der Waals surface area contributed by atoms with Crippen LogP contribution in [0.15, 0.2) is 12.3 Å². The first-order valence-corrected chi connectivity index (χ1v) is 6.26. The van der Waals surface area contributed by atoms with Crippen molar-refractivity contribution in [3.05, 3.63) is 33.6 Å². The molecule has 2 rings (SSSR count). The van der Waals surface area contributed by atoms with Crippen LogP contribution in [-0.2, 0) is 4.74 Å². The molecule has 0 aromatic carbocycles. The lowest BCUT2D eigenvalue weighted by Crippen LogP contribution is -2.05. The number of carbonyl (C=O) groups excluding carboxylic acids is 2. The lowest BCUT2D eigenvalue weighted by Gasteiger charge is -2.06. The zero-order valence-electron chi connectivity index (χ0n) is 10.2. The number of carbonyl (C=O) groups is 2. The number of Topliss-reactive ketones (excluding diaryl/α,β-unsaturated/α-hetero) is 1. The first-order valence-electron chi connectivity index (χ1n) is 5.51. The lowest BCUT2D eigenvalue weighted by atomic mass is 10.2. The van der Waals surface area contributed by atoms with Crippen LogP contribution in [0, 0.1) is 0 Å². The van der Waals surface area contributed by atoms with Gasteiger partial charge in [-0.1, -0.05) is 23.2 Å². The first-order chi connectivity index (χ1) is 8.97. The molecule has 5 nitrogen and oxygen atoms in total. The van der Waals surface area contributed by atoms with Gasteiger partial charge in [-0.25, -0.2) is 9.31 Å². The van der Waals surface area contributed by atoms with Crippen LogP contribution in [0.1, 0.15) is 34.6 Å². The van der Waals surface area contributed by atoms with Gasteiger partial charge < -0.3 is 4.74 Å². The van der Waals surface area contributed by atoms with E-state index in [-0.39, 0.29) is 33.7 Å². The van der Waals surface area contributed by atoms with Crippen LogP contribution in [0.5, 0.6) is 0 Å². The van der Waals surface area contributed by atoms with Crippen molar-refractivity contribution in [1.82, 2.24) is 9.61 Å². The molecule has 2 aromatic heterocycles. The van der Waals surface area contributed by atoms with Crippen LogP contribution in [0.2, 0.25) is 10.2 Å². The molecular formula is C12H10Cl2N2O3. The molecule has 0 aliphatic heterocycles. The summed E-state index contributed by atoms with van der Waals surface area (Å²) < 4.78 is 6.16. The number of hydrogen-bond acceptors (Lipinski definition) is 4. The van der Waals surface area contributed by atoms with Gasteiger partial charge in [0.1, 0.15) is 16.2 Å². The van der Waals surface area contributed by atoms with Crippen LogP contribution in [0.25, 0.3) is 5.52 Å². The van der Waals surface area contributed by atoms with Gasteiger partial charge >= 0.3 is 5.97 Å². The van der Waals surface area contributed by atoms with Crippen molar-refractivity contribution in [2.75, 3.05) is 6.61 Å². The Morgan fingerprint density at radius 3 is 2.63 bits per heavy atom.